The van der Waals surface area contributed by atoms with E-state index in [4.69, 9.17) is 28.9 Å². The van der Waals surface area contributed by atoms with Gasteiger partial charge < -0.3 is 16.2 Å². The molecule has 1 aromatic carbocycles. The third kappa shape index (κ3) is 6.77. The highest BCUT2D eigenvalue weighted by Crippen LogP contribution is 2.28. The Labute approximate surface area is 148 Å². The minimum atomic E-state index is -0.229. The average Bonchev–Trinajstić information content (AvgIpc) is 2.36. The van der Waals surface area contributed by atoms with E-state index in [1.54, 1.807) is 25.1 Å². The normalized spacial score (nSPS) is 9.57. The number of carbonyl (C=O) groups excluding carboxylic acids is 1. The number of aromatic nitrogens is 2. The van der Waals surface area contributed by atoms with E-state index in [9.17, 15) is 9.90 Å². The summed E-state index contributed by atoms with van der Waals surface area (Å²) in [6.45, 7) is 3.12. The lowest BCUT2D eigenvalue weighted by Gasteiger charge is -2.04. The van der Waals surface area contributed by atoms with E-state index in [0.717, 1.165) is 0 Å². The monoisotopic (exact) mass is 372 g/mol. The minimum absolute atomic E-state index is 0.0208. The molecule has 1 amide bonds. The molecular weight excluding hydrogens is 359 g/mol. The number of halogens is 2. The second-order valence-corrected chi connectivity index (χ2v) is 5.64. The number of amides is 1. The summed E-state index contributed by atoms with van der Waals surface area (Å²) in [7, 11) is 0. The van der Waals surface area contributed by atoms with Crippen LogP contribution >= 0.6 is 35.4 Å². The van der Waals surface area contributed by atoms with Crippen LogP contribution in [0.15, 0.2) is 24.3 Å². The van der Waals surface area contributed by atoms with Crippen LogP contribution in [-0.4, -0.2) is 26.1 Å². The molecule has 0 aliphatic rings. The summed E-state index contributed by atoms with van der Waals surface area (Å²) in [5, 5.41) is 12.6. The molecule has 0 bridgehead atoms. The molecule has 0 aliphatic heterocycles. The molecule has 23 heavy (non-hydrogen) atoms. The first-order valence-electron chi connectivity index (χ1n) is 6.26. The summed E-state index contributed by atoms with van der Waals surface area (Å²) >= 11 is 16.1. The van der Waals surface area contributed by atoms with E-state index >= 15 is 0 Å². The largest absolute Gasteiger partial charge is 0.493 e. The molecule has 0 spiro atoms. The number of carbonyl (C=O) groups is 1. The molecule has 4 N–H and O–H groups in total. The quantitative estimate of drug-likeness (QED) is 0.665. The predicted molar refractivity (Wildman–Crippen MR) is 94.5 cm³/mol. The van der Waals surface area contributed by atoms with E-state index in [2.05, 4.69) is 27.5 Å². The number of nitrogens with two attached hydrogens (primary N) is 1. The van der Waals surface area contributed by atoms with Gasteiger partial charge in [0.2, 0.25) is 11.8 Å². The molecule has 0 unspecified atom stereocenters. The van der Waals surface area contributed by atoms with Crippen molar-refractivity contribution >= 4 is 46.4 Å². The average molecular weight is 373 g/mol. The zero-order chi connectivity index (χ0) is 17.6. The van der Waals surface area contributed by atoms with Crippen LogP contribution in [0.5, 0.6) is 5.88 Å². The van der Waals surface area contributed by atoms with Gasteiger partial charge in [-0.05, 0) is 37.3 Å². The predicted octanol–water partition coefficient (Wildman–Crippen LogP) is 2.83. The van der Waals surface area contributed by atoms with Crippen LogP contribution in [0, 0.1) is 6.92 Å². The lowest BCUT2D eigenvalue weighted by atomic mass is 10.2. The number of hydrogen-bond acceptors (Lipinski definition) is 5. The maximum atomic E-state index is 9.98. The molecule has 0 fully saturated rings. The Balaban J connectivity index is 0.000000322. The van der Waals surface area contributed by atoms with Crippen molar-refractivity contribution in [3.8, 4) is 17.3 Å². The molecule has 2 aromatic rings. The third-order valence-corrected chi connectivity index (χ3v) is 2.96. The first kappa shape index (κ1) is 19.1. The smallest absolute Gasteiger partial charge is 0.222 e. The van der Waals surface area contributed by atoms with Crippen molar-refractivity contribution < 1.29 is 9.90 Å². The minimum Gasteiger partial charge on any atom is -0.493 e. The Morgan fingerprint density at radius 1 is 1.30 bits per heavy atom. The molecule has 2 rings (SSSR count). The van der Waals surface area contributed by atoms with Crippen molar-refractivity contribution in [2.24, 2.45) is 5.73 Å². The van der Waals surface area contributed by atoms with Crippen molar-refractivity contribution in [1.29, 1.82) is 0 Å². The Hall–Kier alpha value is -1.96. The highest BCUT2D eigenvalue weighted by Gasteiger charge is 2.08. The molecule has 0 aliphatic carbocycles. The number of rotatable bonds is 1. The summed E-state index contributed by atoms with van der Waals surface area (Å²) in [4.78, 5) is 18.1. The lowest BCUT2D eigenvalue weighted by molar-refractivity contribution is -0.117. The van der Waals surface area contributed by atoms with Crippen LogP contribution in [0.25, 0.3) is 11.4 Å². The van der Waals surface area contributed by atoms with Crippen LogP contribution in [0.4, 0.5) is 0 Å². The molecule has 122 valence electrons. The van der Waals surface area contributed by atoms with Crippen molar-refractivity contribution in [3.05, 3.63) is 40.0 Å². The molecule has 9 heteroatoms. The second kappa shape index (κ2) is 8.61. The van der Waals surface area contributed by atoms with Gasteiger partial charge in [-0.1, -0.05) is 23.2 Å². The van der Waals surface area contributed by atoms with Crippen molar-refractivity contribution in [1.82, 2.24) is 15.3 Å². The van der Waals surface area contributed by atoms with Gasteiger partial charge in [0, 0.05) is 29.3 Å². The highest BCUT2D eigenvalue weighted by atomic mass is 35.5. The van der Waals surface area contributed by atoms with Gasteiger partial charge in [-0.2, -0.15) is 4.98 Å². The molecule has 1 aromatic heterocycles. The van der Waals surface area contributed by atoms with Crippen LogP contribution in [0.3, 0.4) is 0 Å². The Morgan fingerprint density at radius 3 is 2.39 bits per heavy atom. The topological polar surface area (TPSA) is 101 Å². The zero-order valence-electron chi connectivity index (χ0n) is 12.3. The number of nitrogens with zero attached hydrogens (tertiary/aromatic N) is 2. The summed E-state index contributed by atoms with van der Waals surface area (Å²) < 4.78 is 0. The maximum absolute atomic E-state index is 9.98. The van der Waals surface area contributed by atoms with E-state index < -0.39 is 0 Å². The van der Waals surface area contributed by atoms with E-state index in [1.807, 2.05) is 0 Å². The lowest BCUT2D eigenvalue weighted by Crippen LogP contribution is -2.32. The van der Waals surface area contributed by atoms with E-state index in [1.165, 1.54) is 13.0 Å². The van der Waals surface area contributed by atoms with Gasteiger partial charge >= 0.3 is 0 Å². The van der Waals surface area contributed by atoms with Gasteiger partial charge in [0.25, 0.3) is 0 Å². The number of hydrogen-bond donors (Lipinski definition) is 3. The van der Waals surface area contributed by atoms with E-state index in [-0.39, 0.29) is 16.9 Å². The third-order valence-electron chi connectivity index (χ3n) is 2.31. The number of aromatic hydroxyl groups is 1. The van der Waals surface area contributed by atoms with E-state index in [0.29, 0.717) is 27.1 Å². The number of nitrogens with one attached hydrogen (secondary N) is 1. The van der Waals surface area contributed by atoms with Crippen molar-refractivity contribution in [2.75, 3.05) is 0 Å². The number of thiocarbonyl (C=S) groups is 1. The molecule has 0 radical (unpaired) electrons. The van der Waals surface area contributed by atoms with Crippen LogP contribution in [0.1, 0.15) is 12.6 Å². The molecule has 6 nitrogen and oxygen atoms in total. The Kier molecular flexibility index (Phi) is 7.15. The first-order valence-corrected chi connectivity index (χ1v) is 7.42. The van der Waals surface area contributed by atoms with Gasteiger partial charge in [0.05, 0.1) is 5.02 Å². The maximum Gasteiger partial charge on any atom is 0.222 e. The Bertz CT molecular complexity index is 708. The second-order valence-electron chi connectivity index (χ2n) is 4.36. The summed E-state index contributed by atoms with van der Waals surface area (Å²) in [5.41, 5.74) is 6.21. The summed E-state index contributed by atoms with van der Waals surface area (Å²) in [6, 6.07) is 6.51. The highest BCUT2D eigenvalue weighted by molar-refractivity contribution is 7.80. The fourth-order valence-electron chi connectivity index (χ4n) is 1.52. The number of aryl methyl sites for hydroxylation is 1. The molecular formula is C14H14Cl2N4O2S. The molecule has 0 atom stereocenters. The molecule has 0 saturated carbocycles. The zero-order valence-corrected chi connectivity index (χ0v) is 14.6. The number of benzene rings is 1. The Morgan fingerprint density at radius 2 is 1.96 bits per heavy atom. The fourth-order valence-corrected chi connectivity index (χ4v) is 2.15. The van der Waals surface area contributed by atoms with Crippen LogP contribution in [-0.2, 0) is 4.79 Å². The molecule has 0 saturated heterocycles. The van der Waals surface area contributed by atoms with Crippen LogP contribution in [0.2, 0.25) is 10.0 Å². The van der Waals surface area contributed by atoms with Crippen LogP contribution < -0.4 is 11.1 Å². The van der Waals surface area contributed by atoms with Gasteiger partial charge in [0.1, 0.15) is 0 Å². The SMILES string of the molecule is CC(=O)NC(N)=S.Cc1cc(O)nc(-c2ccc(Cl)cc2Cl)n1. The van der Waals surface area contributed by atoms with Gasteiger partial charge in [-0.15, -0.1) is 0 Å². The van der Waals surface area contributed by atoms with Crippen molar-refractivity contribution in [2.45, 2.75) is 13.8 Å². The summed E-state index contributed by atoms with van der Waals surface area (Å²) in [6.07, 6.45) is 0. The fraction of sp³-hybridized carbons (Fsp3) is 0.143. The standard InChI is InChI=1S/C11H8Cl2N2O.C3H6N2OS/c1-6-4-10(16)15-11(14-6)8-3-2-7(12)5-9(8)13;1-2(6)5-3(4)7/h2-5H,1H3,(H,14,15,16);1H3,(H3,4,5,6,7). The summed E-state index contributed by atoms with van der Waals surface area (Å²) in [5.74, 6) is 0.0835. The molecule has 1 heterocycles. The van der Waals surface area contributed by atoms with Crippen molar-refractivity contribution in [3.63, 3.8) is 0 Å². The first-order chi connectivity index (χ1) is 10.7. The van der Waals surface area contributed by atoms with Gasteiger partial charge in [-0.3, -0.25) is 4.79 Å². The van der Waals surface area contributed by atoms with Gasteiger partial charge in [0.15, 0.2) is 10.9 Å². The van der Waals surface area contributed by atoms with Gasteiger partial charge in [-0.25, -0.2) is 4.98 Å².